The molecular weight excluding hydrogens is 236 g/mol. The Morgan fingerprint density at radius 3 is 2.47 bits per heavy atom. The number of nitrogens with two attached hydrogens (primary N) is 1. The van der Waals surface area contributed by atoms with Gasteiger partial charge in [0.15, 0.2) is 0 Å². The molecule has 2 bridgehead atoms. The molecule has 0 saturated heterocycles. The number of nitrogens with one attached hydrogen (secondary N) is 1. The van der Waals surface area contributed by atoms with Crippen molar-refractivity contribution in [3.8, 4) is 0 Å². The zero-order chi connectivity index (χ0) is 13.5. The van der Waals surface area contributed by atoms with Crippen LogP contribution < -0.4 is 11.1 Å². The summed E-state index contributed by atoms with van der Waals surface area (Å²) >= 11 is 0. The molecule has 0 radical (unpaired) electrons. The maximum Gasteiger partial charge on any atom is 0.227 e. The summed E-state index contributed by atoms with van der Waals surface area (Å²) in [4.78, 5) is 12.7. The molecule has 3 fully saturated rings. The lowest BCUT2D eigenvalue weighted by atomic mass is 9.70. The SMILES string of the molecule is CC1CCC(CN)(C(=O)NC2CC3CCC2C3)CC1. The Labute approximate surface area is 116 Å². The van der Waals surface area contributed by atoms with Gasteiger partial charge in [-0.1, -0.05) is 13.3 Å². The highest BCUT2D eigenvalue weighted by Gasteiger charge is 2.44. The van der Waals surface area contributed by atoms with Crippen molar-refractivity contribution in [3.05, 3.63) is 0 Å². The van der Waals surface area contributed by atoms with Crippen molar-refractivity contribution in [1.82, 2.24) is 5.32 Å². The zero-order valence-corrected chi connectivity index (χ0v) is 12.2. The number of rotatable bonds is 3. The first kappa shape index (κ1) is 13.4. The molecule has 3 atom stereocenters. The predicted octanol–water partition coefficient (Wildman–Crippen LogP) is 2.45. The van der Waals surface area contributed by atoms with Gasteiger partial charge in [0.05, 0.1) is 5.41 Å². The first-order valence-corrected chi connectivity index (χ1v) is 8.14. The van der Waals surface area contributed by atoms with E-state index >= 15 is 0 Å². The third-order valence-electron chi connectivity index (χ3n) is 6.16. The highest BCUT2D eigenvalue weighted by Crippen LogP contribution is 2.45. The summed E-state index contributed by atoms with van der Waals surface area (Å²) in [5, 5.41) is 3.37. The quantitative estimate of drug-likeness (QED) is 0.822. The van der Waals surface area contributed by atoms with Crippen molar-refractivity contribution in [3.63, 3.8) is 0 Å². The van der Waals surface area contributed by atoms with E-state index in [0.717, 1.165) is 43.4 Å². The van der Waals surface area contributed by atoms with Crippen LogP contribution in [0.4, 0.5) is 0 Å². The van der Waals surface area contributed by atoms with E-state index in [1.165, 1.54) is 25.7 Å². The summed E-state index contributed by atoms with van der Waals surface area (Å²) in [6.45, 7) is 2.81. The largest absolute Gasteiger partial charge is 0.353 e. The average molecular weight is 264 g/mol. The second-order valence-electron chi connectivity index (χ2n) is 7.42. The van der Waals surface area contributed by atoms with Gasteiger partial charge in [0, 0.05) is 12.6 Å². The molecule has 3 rings (SSSR count). The third-order valence-corrected chi connectivity index (χ3v) is 6.16. The molecule has 0 heterocycles. The molecule has 19 heavy (non-hydrogen) atoms. The van der Waals surface area contributed by atoms with Gasteiger partial charge in [-0.25, -0.2) is 0 Å². The maximum atomic E-state index is 12.7. The summed E-state index contributed by atoms with van der Waals surface area (Å²) < 4.78 is 0. The number of hydrogen-bond acceptors (Lipinski definition) is 2. The van der Waals surface area contributed by atoms with Gasteiger partial charge in [-0.15, -0.1) is 0 Å². The maximum absolute atomic E-state index is 12.7. The minimum absolute atomic E-state index is 0.256. The summed E-state index contributed by atoms with van der Waals surface area (Å²) in [6.07, 6.45) is 9.54. The molecule has 1 amide bonds. The van der Waals surface area contributed by atoms with Gasteiger partial charge in [-0.3, -0.25) is 4.79 Å². The van der Waals surface area contributed by atoms with Gasteiger partial charge in [-0.05, 0) is 62.7 Å². The van der Waals surface area contributed by atoms with E-state index < -0.39 is 0 Å². The van der Waals surface area contributed by atoms with Crippen LogP contribution in [0.5, 0.6) is 0 Å². The van der Waals surface area contributed by atoms with Crippen LogP contribution >= 0.6 is 0 Å². The summed E-state index contributed by atoms with van der Waals surface area (Å²) in [5.74, 6) is 2.66. The summed E-state index contributed by atoms with van der Waals surface area (Å²) in [5.41, 5.74) is 5.72. The first-order chi connectivity index (χ1) is 9.13. The molecular formula is C16H28N2O. The van der Waals surface area contributed by atoms with Crippen molar-refractivity contribution in [2.75, 3.05) is 6.54 Å². The van der Waals surface area contributed by atoms with Gasteiger partial charge in [0.25, 0.3) is 0 Å². The smallest absolute Gasteiger partial charge is 0.227 e. The molecule has 0 aliphatic heterocycles. The number of carbonyl (C=O) groups is 1. The Balaban J connectivity index is 1.62. The third kappa shape index (κ3) is 2.42. The van der Waals surface area contributed by atoms with E-state index in [-0.39, 0.29) is 11.3 Å². The van der Waals surface area contributed by atoms with Crippen LogP contribution in [-0.2, 0) is 4.79 Å². The molecule has 3 N–H and O–H groups in total. The van der Waals surface area contributed by atoms with Gasteiger partial charge < -0.3 is 11.1 Å². The highest BCUT2D eigenvalue weighted by atomic mass is 16.2. The number of fused-ring (bicyclic) bond motifs is 2. The van der Waals surface area contributed by atoms with Crippen molar-refractivity contribution in [2.45, 2.75) is 64.3 Å². The van der Waals surface area contributed by atoms with Crippen LogP contribution in [0, 0.1) is 23.2 Å². The molecule has 0 aromatic rings. The molecule has 0 aromatic heterocycles. The van der Waals surface area contributed by atoms with Gasteiger partial charge in [0.2, 0.25) is 5.91 Å². The lowest BCUT2D eigenvalue weighted by Gasteiger charge is -2.38. The van der Waals surface area contributed by atoms with Gasteiger partial charge >= 0.3 is 0 Å². The summed E-state index contributed by atoms with van der Waals surface area (Å²) in [6, 6.07) is 0.453. The van der Waals surface area contributed by atoms with E-state index in [9.17, 15) is 4.79 Å². The molecule has 0 spiro atoms. The Morgan fingerprint density at radius 1 is 1.21 bits per heavy atom. The van der Waals surface area contributed by atoms with E-state index in [4.69, 9.17) is 5.73 Å². The normalized spacial score (nSPS) is 45.4. The molecule has 108 valence electrons. The fraction of sp³-hybridized carbons (Fsp3) is 0.938. The van der Waals surface area contributed by atoms with Gasteiger partial charge in [-0.2, -0.15) is 0 Å². The molecule has 3 nitrogen and oxygen atoms in total. The fourth-order valence-electron chi connectivity index (χ4n) is 4.58. The minimum atomic E-state index is -0.256. The Bertz CT molecular complexity index is 347. The van der Waals surface area contributed by atoms with Crippen LogP contribution in [0.3, 0.4) is 0 Å². The Morgan fingerprint density at radius 2 is 1.95 bits per heavy atom. The number of carbonyl (C=O) groups excluding carboxylic acids is 1. The second kappa shape index (κ2) is 5.08. The fourth-order valence-corrected chi connectivity index (χ4v) is 4.58. The molecule has 3 saturated carbocycles. The van der Waals surface area contributed by atoms with Crippen molar-refractivity contribution < 1.29 is 4.79 Å². The van der Waals surface area contributed by atoms with Crippen molar-refractivity contribution >= 4 is 5.91 Å². The Hall–Kier alpha value is -0.570. The number of amides is 1. The highest BCUT2D eigenvalue weighted by molar-refractivity contribution is 5.83. The van der Waals surface area contributed by atoms with Crippen LogP contribution in [-0.4, -0.2) is 18.5 Å². The topological polar surface area (TPSA) is 55.1 Å². The number of hydrogen-bond donors (Lipinski definition) is 2. The lowest BCUT2D eigenvalue weighted by molar-refractivity contribution is -0.134. The van der Waals surface area contributed by atoms with Crippen LogP contribution in [0.2, 0.25) is 0 Å². The Kier molecular flexibility index (Phi) is 3.59. The summed E-state index contributed by atoms with van der Waals surface area (Å²) in [7, 11) is 0. The minimum Gasteiger partial charge on any atom is -0.353 e. The van der Waals surface area contributed by atoms with E-state index in [1.807, 2.05) is 0 Å². The zero-order valence-electron chi connectivity index (χ0n) is 12.2. The molecule has 3 aliphatic rings. The molecule has 3 unspecified atom stereocenters. The van der Waals surface area contributed by atoms with Crippen LogP contribution in [0.1, 0.15) is 58.3 Å². The van der Waals surface area contributed by atoms with Crippen molar-refractivity contribution in [1.29, 1.82) is 0 Å². The first-order valence-electron chi connectivity index (χ1n) is 8.14. The van der Waals surface area contributed by atoms with Crippen molar-refractivity contribution in [2.24, 2.45) is 28.9 Å². The standard InChI is InChI=1S/C16H28N2O/c1-11-4-6-16(10-17,7-5-11)15(19)18-14-9-12-2-3-13(14)8-12/h11-14H,2-10,17H2,1H3,(H,18,19). The van der Waals surface area contributed by atoms with E-state index in [1.54, 1.807) is 0 Å². The predicted molar refractivity (Wildman–Crippen MR) is 76.5 cm³/mol. The second-order valence-corrected chi connectivity index (χ2v) is 7.42. The molecule has 0 aromatic carbocycles. The molecule has 3 aliphatic carbocycles. The van der Waals surface area contributed by atoms with Crippen LogP contribution in [0.25, 0.3) is 0 Å². The van der Waals surface area contributed by atoms with Crippen LogP contribution in [0.15, 0.2) is 0 Å². The van der Waals surface area contributed by atoms with E-state index in [2.05, 4.69) is 12.2 Å². The molecule has 3 heteroatoms. The van der Waals surface area contributed by atoms with Gasteiger partial charge in [0.1, 0.15) is 0 Å². The average Bonchev–Trinajstić information content (AvgIpc) is 3.02. The van der Waals surface area contributed by atoms with E-state index in [0.29, 0.717) is 12.6 Å². The lowest BCUT2D eigenvalue weighted by Crippen LogP contribution is -2.51. The monoisotopic (exact) mass is 264 g/mol.